The fraction of sp³-hybridized carbons (Fsp3) is 0. The zero-order chi connectivity index (χ0) is 2.71. The molecule has 0 fully saturated rings. The molecule has 0 aromatic carbocycles. The van der Waals surface area contributed by atoms with Gasteiger partial charge in [-0.2, -0.15) is 0 Å². The molecular weight excluding hydrogens is 129 g/mol. The third kappa shape index (κ3) is 16.2. The van der Waals surface area contributed by atoms with Crippen LogP contribution in [0.4, 0.5) is 4.53 Å². The van der Waals surface area contributed by atoms with E-state index >= 15 is 0 Å². The maximum atomic E-state index is 9.56. The summed E-state index contributed by atoms with van der Waals surface area (Å²) in [4.78, 5) is 0. The van der Waals surface area contributed by atoms with Crippen LogP contribution in [0.3, 0.4) is 0 Å². The predicted molar refractivity (Wildman–Crippen MR) is 8.05 cm³/mol. The minimum atomic E-state index is 0. The number of rotatable bonds is 0. The molecule has 0 bridgehead atoms. The summed E-state index contributed by atoms with van der Waals surface area (Å²) >= 11 is 3.83. The minimum Gasteiger partial charge on any atom is -0.0769 e. The van der Waals surface area contributed by atoms with Gasteiger partial charge >= 0.3 is 0 Å². The Morgan fingerprint density at radius 1 is 1.75 bits per heavy atom. The Bertz CT molecular complexity index is 8.00. The zero-order valence-electron chi connectivity index (χ0n) is 1.50. The molecule has 0 saturated carbocycles. The van der Waals surface area contributed by atoms with Crippen LogP contribution in [0.2, 0.25) is 0 Å². The van der Waals surface area contributed by atoms with E-state index in [1.807, 2.05) is 0 Å². The van der Waals surface area contributed by atoms with Crippen LogP contribution in [0.5, 0.6) is 0 Å². The van der Waals surface area contributed by atoms with Gasteiger partial charge in [-0.05, 0) is 4.53 Å². The van der Waals surface area contributed by atoms with Crippen LogP contribution in [0.15, 0.2) is 0 Å². The fourth-order valence-electron chi connectivity index (χ4n) is 0. The number of halogens is 2. The first kappa shape index (κ1) is 8.82. The van der Waals surface area contributed by atoms with Crippen molar-refractivity contribution in [1.29, 1.82) is 0 Å². The van der Waals surface area contributed by atoms with Crippen molar-refractivity contribution in [3.05, 3.63) is 0 Å². The van der Waals surface area contributed by atoms with Crippen molar-refractivity contribution in [2.24, 2.45) is 0 Å². The summed E-state index contributed by atoms with van der Waals surface area (Å²) in [5, 5.41) is 0. The van der Waals surface area contributed by atoms with E-state index in [0.717, 1.165) is 0 Å². The second-order valence-electron chi connectivity index (χ2n) is 0.0583. The standard InChI is InChI=1S/ClFO.Co/c1-3-2;. The van der Waals surface area contributed by atoms with Gasteiger partial charge < -0.3 is 0 Å². The second kappa shape index (κ2) is 9.35. The fourth-order valence-corrected chi connectivity index (χ4v) is 0. The Morgan fingerprint density at radius 2 is 1.75 bits per heavy atom. The van der Waals surface area contributed by atoms with Crippen LogP contribution in [-0.2, 0) is 21.3 Å². The summed E-state index contributed by atoms with van der Waals surface area (Å²) in [5.41, 5.74) is 0. The molecule has 4 heteroatoms. The largest absolute Gasteiger partial charge is 0.106 e. The summed E-state index contributed by atoms with van der Waals surface area (Å²) in [5.74, 6) is 0. The molecule has 0 amide bonds. The molecule has 0 aliphatic rings. The SMILES string of the molecule is FOCl.[Co]. The van der Waals surface area contributed by atoms with Crippen LogP contribution in [-0.4, -0.2) is 0 Å². The molecule has 0 aromatic heterocycles. The van der Waals surface area contributed by atoms with Crippen LogP contribution >= 0.6 is 11.9 Å². The maximum absolute atomic E-state index is 9.56. The van der Waals surface area contributed by atoms with Gasteiger partial charge in [-0.25, -0.2) is 0 Å². The van der Waals surface area contributed by atoms with E-state index in [1.54, 1.807) is 0 Å². The Kier molecular flexibility index (Phi) is 20.6. The summed E-state index contributed by atoms with van der Waals surface area (Å²) in [6.07, 6.45) is 0. The molecule has 0 rings (SSSR count). The van der Waals surface area contributed by atoms with Crippen molar-refractivity contribution in [2.75, 3.05) is 0 Å². The maximum Gasteiger partial charge on any atom is 0.106 e. The van der Waals surface area contributed by atoms with Crippen LogP contribution in [0.1, 0.15) is 0 Å². The van der Waals surface area contributed by atoms with Crippen molar-refractivity contribution in [3.63, 3.8) is 0 Å². The molecule has 0 aliphatic carbocycles. The average Bonchev–Trinajstić information content (AvgIpc) is 0.918. The van der Waals surface area contributed by atoms with E-state index in [9.17, 15) is 4.53 Å². The summed E-state index contributed by atoms with van der Waals surface area (Å²) in [7, 11) is 0. The van der Waals surface area contributed by atoms with Crippen molar-refractivity contribution < 1.29 is 25.8 Å². The van der Waals surface area contributed by atoms with E-state index in [4.69, 9.17) is 0 Å². The molecule has 1 radical (unpaired) electrons. The van der Waals surface area contributed by atoms with Crippen molar-refractivity contribution >= 4 is 11.9 Å². The second-order valence-corrected chi connectivity index (χ2v) is 0.175. The van der Waals surface area contributed by atoms with Crippen LogP contribution in [0, 0.1) is 0 Å². The van der Waals surface area contributed by atoms with Gasteiger partial charge in [0.2, 0.25) is 0 Å². The van der Waals surface area contributed by atoms with Gasteiger partial charge in [-0.15, -0.1) is 0 Å². The van der Waals surface area contributed by atoms with Gasteiger partial charge in [0.15, 0.2) is 0 Å². The van der Waals surface area contributed by atoms with Gasteiger partial charge in [0.25, 0.3) is 0 Å². The Morgan fingerprint density at radius 3 is 1.75 bits per heavy atom. The minimum absolute atomic E-state index is 0. The van der Waals surface area contributed by atoms with Crippen LogP contribution < -0.4 is 0 Å². The summed E-state index contributed by atoms with van der Waals surface area (Å²) < 4.78 is 11.8. The van der Waals surface area contributed by atoms with E-state index < -0.39 is 0 Å². The normalized spacial score (nSPS) is 4.50. The van der Waals surface area contributed by atoms with E-state index in [1.165, 1.54) is 0 Å². The topological polar surface area (TPSA) is 9.23 Å². The molecule has 29 valence electrons. The third-order valence-corrected chi connectivity index (χ3v) is 0. The average molecular weight is 129 g/mol. The molecule has 0 aliphatic heterocycles. The molecule has 0 heterocycles. The van der Waals surface area contributed by atoms with E-state index in [2.05, 4.69) is 16.4 Å². The predicted octanol–water partition coefficient (Wildman–Crippen LogP) is 1.04. The molecule has 0 atom stereocenters. The van der Waals surface area contributed by atoms with E-state index in [-0.39, 0.29) is 16.8 Å². The van der Waals surface area contributed by atoms with Crippen molar-refractivity contribution in [1.82, 2.24) is 0 Å². The zero-order valence-corrected chi connectivity index (χ0v) is 3.29. The van der Waals surface area contributed by atoms with Gasteiger partial charge in [-0.1, -0.05) is 4.49 Å². The smallest absolute Gasteiger partial charge is 0.0769 e. The van der Waals surface area contributed by atoms with Gasteiger partial charge in [0, 0.05) is 16.8 Å². The van der Waals surface area contributed by atoms with Crippen LogP contribution in [0.25, 0.3) is 0 Å². The third-order valence-electron chi connectivity index (χ3n) is 0. The molecule has 0 aromatic rings. The molecule has 0 spiro atoms. The Hall–Kier alpha value is 0.686. The number of hydrogen-bond donors (Lipinski definition) is 0. The summed E-state index contributed by atoms with van der Waals surface area (Å²) in [6.45, 7) is 0. The first-order chi connectivity index (χ1) is 1.41. The number of hydrogen-bond acceptors (Lipinski definition) is 1. The molecular formula is ClCoFO. The molecule has 0 N–H and O–H groups in total. The van der Waals surface area contributed by atoms with Gasteiger partial charge in [-0.3, -0.25) is 0 Å². The quantitative estimate of drug-likeness (QED) is 0.475. The first-order valence-electron chi connectivity index (χ1n) is 0.309. The monoisotopic (exact) mass is 129 g/mol. The van der Waals surface area contributed by atoms with Gasteiger partial charge in [0.1, 0.15) is 11.9 Å². The Balaban J connectivity index is 0. The first-order valence-corrected chi connectivity index (χ1v) is 0.617. The van der Waals surface area contributed by atoms with Crippen molar-refractivity contribution in [2.45, 2.75) is 0 Å². The molecule has 1 nitrogen and oxygen atoms in total. The Labute approximate surface area is 38.3 Å². The molecule has 0 saturated heterocycles. The molecule has 0 unspecified atom stereocenters. The van der Waals surface area contributed by atoms with E-state index in [0.29, 0.717) is 0 Å². The molecule has 4 heavy (non-hydrogen) atoms. The van der Waals surface area contributed by atoms with Gasteiger partial charge in [0.05, 0.1) is 0 Å². The summed E-state index contributed by atoms with van der Waals surface area (Å²) in [6, 6.07) is 0. The van der Waals surface area contributed by atoms with Crippen molar-refractivity contribution in [3.8, 4) is 0 Å².